The van der Waals surface area contributed by atoms with Gasteiger partial charge < -0.3 is 9.64 Å². The maximum atomic E-state index is 11.7. The Kier molecular flexibility index (Phi) is 4.18. The molecule has 6 nitrogen and oxygen atoms in total. The van der Waals surface area contributed by atoms with Gasteiger partial charge in [-0.25, -0.2) is 0 Å². The number of anilines is 1. The van der Waals surface area contributed by atoms with E-state index in [2.05, 4.69) is 16.3 Å². The van der Waals surface area contributed by atoms with Crippen molar-refractivity contribution in [2.75, 3.05) is 25.1 Å². The average Bonchev–Trinajstić information content (AvgIpc) is 2.49. The molecule has 20 heavy (non-hydrogen) atoms. The fourth-order valence-corrected chi connectivity index (χ4v) is 2.48. The van der Waals surface area contributed by atoms with Gasteiger partial charge in [-0.05, 0) is 32.3 Å². The highest BCUT2D eigenvalue weighted by Gasteiger charge is 2.29. The predicted octanol–water partition coefficient (Wildman–Crippen LogP) is 1.35. The van der Waals surface area contributed by atoms with Crippen molar-refractivity contribution >= 4 is 11.8 Å². The minimum Gasteiger partial charge on any atom is -0.469 e. The molecule has 1 aliphatic rings. The fraction of sp³-hybridized carbons (Fsp3) is 0.571. The molecule has 0 bridgehead atoms. The summed E-state index contributed by atoms with van der Waals surface area (Å²) in [6.07, 6.45) is 1.68. The Bertz CT molecular complexity index is 565. The Balaban J connectivity index is 2.30. The van der Waals surface area contributed by atoms with Gasteiger partial charge in [0, 0.05) is 13.1 Å². The Morgan fingerprint density at radius 2 is 2.20 bits per heavy atom. The van der Waals surface area contributed by atoms with Gasteiger partial charge in [-0.1, -0.05) is 0 Å². The highest BCUT2D eigenvalue weighted by atomic mass is 16.5. The van der Waals surface area contributed by atoms with Gasteiger partial charge in [0.25, 0.3) is 0 Å². The van der Waals surface area contributed by atoms with Gasteiger partial charge in [0.15, 0.2) is 5.82 Å². The third kappa shape index (κ3) is 2.57. The molecular formula is C14H18N4O2. The minimum atomic E-state index is -0.204. The Morgan fingerprint density at radius 1 is 1.45 bits per heavy atom. The molecule has 0 radical (unpaired) electrons. The number of carbonyl (C=O) groups is 1. The predicted molar refractivity (Wildman–Crippen MR) is 73.2 cm³/mol. The fourth-order valence-electron chi connectivity index (χ4n) is 2.48. The summed E-state index contributed by atoms with van der Waals surface area (Å²) >= 11 is 0. The molecule has 0 aliphatic carbocycles. The van der Waals surface area contributed by atoms with Gasteiger partial charge >= 0.3 is 5.97 Å². The summed E-state index contributed by atoms with van der Waals surface area (Å²) in [5.74, 6) is 0.206. The maximum Gasteiger partial charge on any atom is 0.310 e. The van der Waals surface area contributed by atoms with Crippen LogP contribution in [0.1, 0.15) is 29.7 Å². The quantitative estimate of drug-likeness (QED) is 0.757. The Morgan fingerprint density at radius 3 is 2.85 bits per heavy atom. The van der Waals surface area contributed by atoms with Crippen LogP contribution in [0.5, 0.6) is 0 Å². The van der Waals surface area contributed by atoms with E-state index in [0.29, 0.717) is 17.9 Å². The van der Waals surface area contributed by atoms with E-state index in [0.717, 1.165) is 30.6 Å². The van der Waals surface area contributed by atoms with Crippen LogP contribution in [-0.4, -0.2) is 36.4 Å². The van der Waals surface area contributed by atoms with Crippen LogP contribution < -0.4 is 4.90 Å². The highest BCUT2D eigenvalue weighted by Crippen LogP contribution is 2.26. The topological polar surface area (TPSA) is 79.1 Å². The average molecular weight is 274 g/mol. The molecular weight excluding hydrogens is 256 g/mol. The van der Waals surface area contributed by atoms with Crippen LogP contribution in [0, 0.1) is 31.1 Å². The minimum absolute atomic E-state index is 0.163. The molecule has 1 aliphatic heterocycles. The van der Waals surface area contributed by atoms with Crippen LogP contribution in [0.2, 0.25) is 0 Å². The number of carbonyl (C=O) groups excluding carboxylic acids is 1. The molecule has 2 heterocycles. The second kappa shape index (κ2) is 5.87. The number of piperidine rings is 1. The van der Waals surface area contributed by atoms with E-state index in [-0.39, 0.29) is 11.9 Å². The van der Waals surface area contributed by atoms with Gasteiger partial charge in [0.2, 0.25) is 0 Å². The molecule has 106 valence electrons. The van der Waals surface area contributed by atoms with E-state index in [9.17, 15) is 10.1 Å². The first-order valence-corrected chi connectivity index (χ1v) is 6.65. The van der Waals surface area contributed by atoms with Gasteiger partial charge in [-0.15, -0.1) is 5.10 Å². The van der Waals surface area contributed by atoms with E-state index in [4.69, 9.17) is 4.74 Å². The van der Waals surface area contributed by atoms with Gasteiger partial charge in [-0.2, -0.15) is 10.4 Å². The van der Waals surface area contributed by atoms with Crippen LogP contribution in [0.25, 0.3) is 0 Å². The van der Waals surface area contributed by atoms with Crippen molar-refractivity contribution in [3.63, 3.8) is 0 Å². The summed E-state index contributed by atoms with van der Waals surface area (Å²) in [4.78, 5) is 13.6. The number of aryl methyl sites for hydroxylation is 1. The molecule has 0 saturated carbocycles. The first kappa shape index (κ1) is 14.3. The summed E-state index contributed by atoms with van der Waals surface area (Å²) in [5.41, 5.74) is 2.15. The molecule has 1 unspecified atom stereocenters. The van der Waals surface area contributed by atoms with Crippen LogP contribution >= 0.6 is 0 Å². The van der Waals surface area contributed by atoms with E-state index in [1.54, 1.807) is 0 Å². The second-order valence-corrected chi connectivity index (χ2v) is 5.03. The van der Waals surface area contributed by atoms with Gasteiger partial charge in [-0.3, -0.25) is 4.79 Å². The maximum absolute atomic E-state index is 11.7. The first-order chi connectivity index (χ1) is 9.58. The van der Waals surface area contributed by atoms with Crippen molar-refractivity contribution < 1.29 is 9.53 Å². The molecule has 1 saturated heterocycles. The number of hydrogen-bond acceptors (Lipinski definition) is 6. The third-order valence-corrected chi connectivity index (χ3v) is 3.80. The number of hydrogen-bond donors (Lipinski definition) is 0. The lowest BCUT2D eigenvalue weighted by molar-refractivity contribution is -0.145. The summed E-state index contributed by atoms with van der Waals surface area (Å²) in [5, 5.41) is 17.6. The van der Waals surface area contributed by atoms with Gasteiger partial charge in [0.1, 0.15) is 11.6 Å². The van der Waals surface area contributed by atoms with E-state index in [1.807, 2.05) is 18.7 Å². The van der Waals surface area contributed by atoms with Crippen LogP contribution in [0.15, 0.2) is 0 Å². The number of rotatable bonds is 2. The summed E-state index contributed by atoms with van der Waals surface area (Å²) in [7, 11) is 1.40. The molecule has 0 spiro atoms. The van der Waals surface area contributed by atoms with E-state index in [1.165, 1.54) is 7.11 Å². The largest absolute Gasteiger partial charge is 0.469 e. The summed E-state index contributed by atoms with van der Waals surface area (Å²) in [6, 6.07) is 2.20. The molecule has 0 N–H and O–H groups in total. The van der Waals surface area contributed by atoms with Crippen LogP contribution in [0.3, 0.4) is 0 Å². The zero-order valence-electron chi connectivity index (χ0n) is 12.0. The lowest BCUT2D eigenvalue weighted by Crippen LogP contribution is -2.40. The normalized spacial score (nSPS) is 18.5. The Labute approximate surface area is 118 Å². The van der Waals surface area contributed by atoms with Crippen LogP contribution in [0.4, 0.5) is 5.82 Å². The molecule has 1 aromatic rings. The van der Waals surface area contributed by atoms with Crippen molar-refractivity contribution in [2.24, 2.45) is 5.92 Å². The van der Waals surface area contributed by atoms with Gasteiger partial charge in [0.05, 0.1) is 18.7 Å². The van der Waals surface area contributed by atoms with Crippen molar-refractivity contribution in [1.82, 2.24) is 10.2 Å². The third-order valence-electron chi connectivity index (χ3n) is 3.80. The molecule has 6 heteroatoms. The van der Waals surface area contributed by atoms with Crippen molar-refractivity contribution in [3.05, 3.63) is 16.8 Å². The molecule has 0 aromatic carbocycles. The lowest BCUT2D eigenvalue weighted by Gasteiger charge is -2.32. The lowest BCUT2D eigenvalue weighted by atomic mass is 9.97. The number of methoxy groups -OCH3 is 1. The van der Waals surface area contributed by atoms with Crippen molar-refractivity contribution in [1.29, 1.82) is 5.26 Å². The van der Waals surface area contributed by atoms with Crippen molar-refractivity contribution in [3.8, 4) is 6.07 Å². The van der Waals surface area contributed by atoms with Crippen molar-refractivity contribution in [2.45, 2.75) is 26.7 Å². The highest BCUT2D eigenvalue weighted by molar-refractivity contribution is 5.73. The zero-order chi connectivity index (χ0) is 14.7. The number of nitriles is 1. The number of nitrogens with zero attached hydrogens (tertiary/aromatic N) is 4. The number of ether oxygens (including phenoxy) is 1. The second-order valence-electron chi connectivity index (χ2n) is 5.03. The summed E-state index contributed by atoms with van der Waals surface area (Å²) < 4.78 is 4.81. The molecule has 1 atom stereocenters. The standard InChI is InChI=1S/C14H18N4O2/c1-9-10(2)16-17-13(12(9)7-15)18-6-4-5-11(8-18)14(19)20-3/h11H,4-6,8H2,1-3H3. The molecule has 0 amide bonds. The first-order valence-electron chi connectivity index (χ1n) is 6.65. The molecule has 2 rings (SSSR count). The van der Waals surface area contributed by atoms with E-state index >= 15 is 0 Å². The molecule has 1 aromatic heterocycles. The SMILES string of the molecule is COC(=O)C1CCCN(c2nnc(C)c(C)c2C#N)C1. The monoisotopic (exact) mass is 274 g/mol. The van der Waals surface area contributed by atoms with E-state index < -0.39 is 0 Å². The number of esters is 1. The summed E-state index contributed by atoms with van der Waals surface area (Å²) in [6.45, 7) is 5.01. The zero-order valence-corrected chi connectivity index (χ0v) is 12.0. The molecule has 1 fully saturated rings. The Hall–Kier alpha value is -2.16. The number of aromatic nitrogens is 2. The smallest absolute Gasteiger partial charge is 0.310 e. The van der Waals surface area contributed by atoms with Crippen LogP contribution in [-0.2, 0) is 9.53 Å².